The molecule has 1 saturated heterocycles. The van der Waals surface area contributed by atoms with Crippen LogP contribution < -0.4 is 14.4 Å². The summed E-state index contributed by atoms with van der Waals surface area (Å²) in [6, 6.07) is 12.6. The number of hydrogen-bond donors (Lipinski definition) is 0. The SMILES string of the molecule is COc1cc(OC)cc(-c2nc(C3CC(=O)N(c4cccc(Cl)c4)C3)no2)c1. The number of amides is 1. The van der Waals surface area contributed by atoms with Crippen molar-refractivity contribution in [1.82, 2.24) is 10.1 Å². The Balaban J connectivity index is 1.58. The highest BCUT2D eigenvalue weighted by Crippen LogP contribution is 2.34. The van der Waals surface area contributed by atoms with Crippen molar-refractivity contribution in [3.63, 3.8) is 0 Å². The number of carbonyl (C=O) groups excluding carboxylic acids is 1. The number of hydrogen-bond acceptors (Lipinski definition) is 6. The first-order valence-corrected chi connectivity index (χ1v) is 9.08. The van der Waals surface area contributed by atoms with E-state index in [0.29, 0.717) is 46.8 Å². The third kappa shape index (κ3) is 3.53. The minimum Gasteiger partial charge on any atom is -0.497 e. The van der Waals surface area contributed by atoms with Crippen LogP contribution in [-0.2, 0) is 4.79 Å². The molecular weight excluding hydrogens is 382 g/mol. The van der Waals surface area contributed by atoms with Crippen LogP contribution in [0.15, 0.2) is 47.0 Å². The standard InChI is InChI=1S/C20H18ClN3O4/c1-26-16-6-12(7-17(10-16)27-2)20-22-19(23-28-20)13-8-18(25)24(11-13)15-5-3-4-14(21)9-15/h3-7,9-10,13H,8,11H2,1-2H3. The second-order valence-electron chi connectivity index (χ2n) is 6.44. The van der Waals surface area contributed by atoms with Gasteiger partial charge >= 0.3 is 0 Å². The summed E-state index contributed by atoms with van der Waals surface area (Å²) >= 11 is 6.05. The molecule has 0 spiro atoms. The number of anilines is 1. The molecule has 4 rings (SSSR count). The van der Waals surface area contributed by atoms with Gasteiger partial charge in [0.25, 0.3) is 5.89 Å². The lowest BCUT2D eigenvalue weighted by molar-refractivity contribution is -0.117. The van der Waals surface area contributed by atoms with Crippen LogP contribution in [0.3, 0.4) is 0 Å². The van der Waals surface area contributed by atoms with E-state index in [-0.39, 0.29) is 11.8 Å². The lowest BCUT2D eigenvalue weighted by Crippen LogP contribution is -2.24. The van der Waals surface area contributed by atoms with E-state index in [1.807, 2.05) is 12.1 Å². The van der Waals surface area contributed by atoms with E-state index in [0.717, 1.165) is 5.69 Å². The van der Waals surface area contributed by atoms with E-state index in [1.54, 1.807) is 49.5 Å². The van der Waals surface area contributed by atoms with Gasteiger partial charge in [-0.3, -0.25) is 4.79 Å². The van der Waals surface area contributed by atoms with E-state index in [4.69, 9.17) is 25.6 Å². The van der Waals surface area contributed by atoms with E-state index < -0.39 is 0 Å². The van der Waals surface area contributed by atoms with E-state index in [1.165, 1.54) is 0 Å². The number of rotatable bonds is 5. The summed E-state index contributed by atoms with van der Waals surface area (Å²) in [7, 11) is 3.15. The van der Waals surface area contributed by atoms with Gasteiger partial charge in [-0.25, -0.2) is 0 Å². The highest BCUT2D eigenvalue weighted by molar-refractivity contribution is 6.30. The quantitative estimate of drug-likeness (QED) is 0.647. The van der Waals surface area contributed by atoms with Crippen LogP contribution in [0, 0.1) is 0 Å². The molecule has 7 nitrogen and oxygen atoms in total. The maximum absolute atomic E-state index is 12.5. The number of nitrogens with zero attached hydrogens (tertiary/aromatic N) is 3. The van der Waals surface area contributed by atoms with Crippen molar-refractivity contribution in [1.29, 1.82) is 0 Å². The highest BCUT2D eigenvalue weighted by Gasteiger charge is 2.34. The summed E-state index contributed by atoms with van der Waals surface area (Å²) < 4.78 is 16.0. The molecule has 1 aromatic heterocycles. The first-order valence-electron chi connectivity index (χ1n) is 8.70. The third-order valence-corrected chi connectivity index (χ3v) is 4.89. The summed E-state index contributed by atoms with van der Waals surface area (Å²) in [4.78, 5) is 18.7. The normalized spacial score (nSPS) is 16.5. The van der Waals surface area contributed by atoms with Crippen molar-refractivity contribution >= 4 is 23.2 Å². The van der Waals surface area contributed by atoms with Crippen LogP contribution >= 0.6 is 11.6 Å². The van der Waals surface area contributed by atoms with Crippen molar-refractivity contribution in [3.8, 4) is 23.0 Å². The summed E-state index contributed by atoms with van der Waals surface area (Å²) in [6.07, 6.45) is 0.312. The molecule has 1 amide bonds. The van der Waals surface area contributed by atoms with Crippen molar-refractivity contribution in [2.75, 3.05) is 25.7 Å². The largest absolute Gasteiger partial charge is 0.497 e. The number of carbonyl (C=O) groups is 1. The maximum Gasteiger partial charge on any atom is 0.258 e. The van der Waals surface area contributed by atoms with E-state index in [2.05, 4.69) is 10.1 Å². The number of halogens is 1. The summed E-state index contributed by atoms with van der Waals surface area (Å²) in [6.45, 7) is 0.472. The second-order valence-corrected chi connectivity index (χ2v) is 6.88. The first-order chi connectivity index (χ1) is 13.6. The Kier molecular flexibility index (Phi) is 4.92. The maximum atomic E-state index is 12.5. The summed E-state index contributed by atoms with van der Waals surface area (Å²) in [5.74, 6) is 1.93. The van der Waals surface area contributed by atoms with Crippen LogP contribution in [-0.4, -0.2) is 36.8 Å². The summed E-state index contributed by atoms with van der Waals surface area (Å²) in [5, 5.41) is 4.68. The molecule has 0 radical (unpaired) electrons. The van der Waals surface area contributed by atoms with Crippen molar-refractivity contribution in [2.24, 2.45) is 0 Å². The van der Waals surface area contributed by atoms with Crippen molar-refractivity contribution < 1.29 is 18.8 Å². The smallest absolute Gasteiger partial charge is 0.258 e. The zero-order valence-corrected chi connectivity index (χ0v) is 16.1. The van der Waals surface area contributed by atoms with Gasteiger partial charge in [-0.05, 0) is 30.3 Å². The minimum absolute atomic E-state index is 0.00154. The van der Waals surface area contributed by atoms with Gasteiger partial charge < -0.3 is 18.9 Å². The number of methoxy groups -OCH3 is 2. The molecular formula is C20H18ClN3O4. The summed E-state index contributed by atoms with van der Waals surface area (Å²) in [5.41, 5.74) is 1.45. The number of aromatic nitrogens is 2. The predicted octanol–water partition coefficient (Wildman–Crippen LogP) is 3.93. The zero-order chi connectivity index (χ0) is 19.7. The van der Waals surface area contributed by atoms with Crippen LogP contribution in [0.25, 0.3) is 11.5 Å². The molecule has 3 aromatic rings. The molecule has 1 atom stereocenters. The Labute approximate surface area is 166 Å². The molecule has 1 fully saturated rings. The van der Waals surface area contributed by atoms with Crippen LogP contribution in [0.5, 0.6) is 11.5 Å². The molecule has 144 valence electrons. The van der Waals surface area contributed by atoms with E-state index in [9.17, 15) is 4.79 Å². The second kappa shape index (κ2) is 7.52. The average molecular weight is 400 g/mol. The lowest BCUT2D eigenvalue weighted by Gasteiger charge is -2.16. The van der Waals surface area contributed by atoms with Crippen molar-refractivity contribution in [3.05, 3.63) is 53.3 Å². The molecule has 2 aromatic carbocycles. The van der Waals surface area contributed by atoms with Crippen molar-refractivity contribution in [2.45, 2.75) is 12.3 Å². The number of benzene rings is 2. The Morgan fingerprint density at radius 1 is 1.14 bits per heavy atom. The Hall–Kier alpha value is -3.06. The fourth-order valence-electron chi connectivity index (χ4n) is 3.22. The molecule has 28 heavy (non-hydrogen) atoms. The molecule has 8 heteroatoms. The predicted molar refractivity (Wildman–Crippen MR) is 104 cm³/mol. The molecule has 0 saturated carbocycles. The van der Waals surface area contributed by atoms with Gasteiger partial charge in [0.1, 0.15) is 11.5 Å². The van der Waals surface area contributed by atoms with E-state index >= 15 is 0 Å². The Morgan fingerprint density at radius 2 is 1.89 bits per heavy atom. The highest BCUT2D eigenvalue weighted by atomic mass is 35.5. The lowest BCUT2D eigenvalue weighted by atomic mass is 10.1. The van der Waals surface area contributed by atoms with Gasteiger partial charge in [0.2, 0.25) is 5.91 Å². The fourth-order valence-corrected chi connectivity index (χ4v) is 3.41. The average Bonchev–Trinajstić information content (AvgIpc) is 3.34. The van der Waals surface area contributed by atoms with Crippen LogP contribution in [0.2, 0.25) is 5.02 Å². The van der Waals surface area contributed by atoms with Gasteiger partial charge in [0.15, 0.2) is 5.82 Å². The van der Waals surface area contributed by atoms with Gasteiger partial charge in [-0.1, -0.05) is 22.8 Å². The molecule has 1 aliphatic rings. The van der Waals surface area contributed by atoms with Crippen LogP contribution in [0.1, 0.15) is 18.2 Å². The van der Waals surface area contributed by atoms with Gasteiger partial charge in [-0.2, -0.15) is 4.98 Å². The molecule has 0 aliphatic carbocycles. The van der Waals surface area contributed by atoms with Gasteiger partial charge in [0, 0.05) is 41.2 Å². The molecule has 1 unspecified atom stereocenters. The van der Waals surface area contributed by atoms with Gasteiger partial charge in [-0.15, -0.1) is 0 Å². The molecule has 0 N–H and O–H groups in total. The monoisotopic (exact) mass is 399 g/mol. The Morgan fingerprint density at radius 3 is 2.57 bits per heavy atom. The van der Waals surface area contributed by atoms with Gasteiger partial charge in [0.05, 0.1) is 14.2 Å². The zero-order valence-electron chi connectivity index (χ0n) is 15.4. The fraction of sp³-hybridized carbons (Fsp3) is 0.250. The first kappa shape index (κ1) is 18.3. The molecule has 0 bridgehead atoms. The minimum atomic E-state index is -0.156. The third-order valence-electron chi connectivity index (χ3n) is 4.65. The number of ether oxygens (including phenoxy) is 2. The van der Waals surface area contributed by atoms with Crippen LogP contribution in [0.4, 0.5) is 5.69 Å². The topological polar surface area (TPSA) is 77.7 Å². The molecule has 2 heterocycles. The molecule has 1 aliphatic heterocycles. The Bertz CT molecular complexity index is 998.